The monoisotopic (exact) mass is 315 g/mol. The molecule has 0 amide bonds. The lowest BCUT2D eigenvalue weighted by molar-refractivity contribution is -0.136. The highest BCUT2D eigenvalue weighted by Gasteiger charge is 2.21. The number of thioether (sulfide) groups is 1. The Morgan fingerprint density at radius 1 is 1.32 bits per heavy atom. The van der Waals surface area contributed by atoms with Crippen molar-refractivity contribution in [2.75, 3.05) is 12.4 Å². The summed E-state index contributed by atoms with van der Waals surface area (Å²) in [5.74, 6) is 0.800. The molecule has 114 valence electrons. The number of aliphatic imine (C=N–C) groups is 1. The van der Waals surface area contributed by atoms with Crippen molar-refractivity contribution in [1.82, 2.24) is 0 Å². The van der Waals surface area contributed by atoms with Crippen LogP contribution in [-0.4, -0.2) is 28.5 Å². The highest BCUT2D eigenvalue weighted by atomic mass is 32.2. The number of hydrogen-bond donors (Lipinski definition) is 1. The summed E-state index contributed by atoms with van der Waals surface area (Å²) in [6, 6.07) is 7.13. The summed E-state index contributed by atoms with van der Waals surface area (Å²) in [7, 11) is 0. The molecule has 0 spiro atoms. The Bertz CT molecular complexity index is 646. The van der Waals surface area contributed by atoms with Gasteiger partial charge in [0.15, 0.2) is 0 Å². The number of esters is 1. The smallest absolute Gasteiger partial charge is 0.338 e. The summed E-state index contributed by atoms with van der Waals surface area (Å²) in [5.41, 5.74) is 1.69. The lowest BCUT2D eigenvalue weighted by Gasteiger charge is -2.07. The van der Waals surface area contributed by atoms with Gasteiger partial charge in [0, 0.05) is 5.75 Å². The number of benzene rings is 1. The number of phenolic OH excluding ortho intramolecular Hbond substituents is 1. The minimum Gasteiger partial charge on any atom is -0.508 e. The van der Waals surface area contributed by atoms with Gasteiger partial charge in [0.05, 0.1) is 11.6 Å². The van der Waals surface area contributed by atoms with E-state index < -0.39 is 0 Å². The summed E-state index contributed by atoms with van der Waals surface area (Å²) in [5, 5.41) is 10.2. The number of rotatable bonds is 4. The predicted octanol–water partition coefficient (Wildman–Crippen LogP) is 3.40. The van der Waals surface area contributed by atoms with E-state index in [0.717, 1.165) is 29.2 Å². The number of nitrogens with zero attached hydrogens (tertiary/aromatic N) is 1. The van der Waals surface area contributed by atoms with Crippen LogP contribution in [0.15, 0.2) is 53.1 Å². The normalized spacial score (nSPS) is 20.5. The van der Waals surface area contributed by atoms with Gasteiger partial charge in [-0.2, -0.15) is 0 Å². The van der Waals surface area contributed by atoms with E-state index in [9.17, 15) is 9.90 Å². The van der Waals surface area contributed by atoms with E-state index >= 15 is 0 Å². The van der Waals surface area contributed by atoms with Crippen LogP contribution in [0, 0.1) is 0 Å². The molecular weight excluding hydrogens is 298 g/mol. The van der Waals surface area contributed by atoms with E-state index in [2.05, 4.69) is 4.99 Å². The standard InChI is InChI=1S/C17H17NO3S/c19-14-8-6-12(7-9-14)15-11-22-16(18-15)10-21-17(20)13-4-2-1-3-5-13/h2,4-9,15,19H,1,3,10-11H2. The molecule has 22 heavy (non-hydrogen) atoms. The topological polar surface area (TPSA) is 58.9 Å². The van der Waals surface area contributed by atoms with Crippen molar-refractivity contribution in [2.24, 2.45) is 4.99 Å². The Balaban J connectivity index is 1.56. The predicted molar refractivity (Wildman–Crippen MR) is 88.2 cm³/mol. The molecule has 0 saturated heterocycles. The summed E-state index contributed by atoms with van der Waals surface area (Å²) < 4.78 is 5.32. The molecule has 1 aromatic carbocycles. The maximum Gasteiger partial charge on any atom is 0.338 e. The molecule has 4 nitrogen and oxygen atoms in total. The SMILES string of the molecule is O=C(OCC1=NC(c2ccc(O)cc2)CS1)C1=CCCC=C1. The second-order valence-electron chi connectivity index (χ2n) is 5.16. The van der Waals surface area contributed by atoms with Gasteiger partial charge < -0.3 is 9.84 Å². The lowest BCUT2D eigenvalue weighted by Crippen LogP contribution is -2.12. The van der Waals surface area contributed by atoms with Crippen molar-refractivity contribution in [3.05, 3.63) is 53.6 Å². The zero-order valence-corrected chi connectivity index (χ0v) is 12.9. The van der Waals surface area contributed by atoms with Gasteiger partial charge >= 0.3 is 5.97 Å². The molecule has 5 heteroatoms. The molecule has 0 bridgehead atoms. The first kappa shape index (κ1) is 14.9. The molecule has 1 N–H and O–H groups in total. The molecule has 2 aliphatic rings. The highest BCUT2D eigenvalue weighted by Crippen LogP contribution is 2.31. The van der Waals surface area contributed by atoms with Gasteiger partial charge in [0.1, 0.15) is 17.4 Å². The Hall–Kier alpha value is -2.01. The molecule has 1 aliphatic heterocycles. The second kappa shape index (κ2) is 6.83. The van der Waals surface area contributed by atoms with Crippen LogP contribution in [0.2, 0.25) is 0 Å². The third-order valence-corrected chi connectivity index (χ3v) is 4.58. The molecule has 0 radical (unpaired) electrons. The van der Waals surface area contributed by atoms with Crippen molar-refractivity contribution in [1.29, 1.82) is 0 Å². The largest absolute Gasteiger partial charge is 0.508 e. The fourth-order valence-electron chi connectivity index (χ4n) is 2.35. The third-order valence-electron chi connectivity index (χ3n) is 3.54. The Morgan fingerprint density at radius 3 is 2.86 bits per heavy atom. The number of carbonyl (C=O) groups excluding carboxylic acids is 1. The number of allylic oxidation sites excluding steroid dienone is 2. The first-order chi connectivity index (χ1) is 10.7. The lowest BCUT2D eigenvalue weighted by atomic mass is 10.1. The number of ether oxygens (including phenoxy) is 1. The van der Waals surface area contributed by atoms with Crippen LogP contribution >= 0.6 is 11.8 Å². The molecule has 1 atom stereocenters. The second-order valence-corrected chi connectivity index (χ2v) is 6.25. The summed E-state index contributed by atoms with van der Waals surface area (Å²) in [6.07, 6.45) is 7.58. The average molecular weight is 315 g/mol. The molecule has 3 rings (SSSR count). The van der Waals surface area contributed by atoms with E-state index in [-0.39, 0.29) is 24.4 Å². The molecule has 1 aromatic rings. The minimum atomic E-state index is -0.285. The average Bonchev–Trinajstić information content (AvgIpc) is 3.03. The summed E-state index contributed by atoms with van der Waals surface area (Å²) >= 11 is 1.61. The zero-order chi connectivity index (χ0) is 15.4. The van der Waals surface area contributed by atoms with Crippen molar-refractivity contribution in [3.8, 4) is 5.75 Å². The Morgan fingerprint density at radius 2 is 2.14 bits per heavy atom. The molecule has 1 unspecified atom stereocenters. The fourth-order valence-corrected chi connectivity index (χ4v) is 3.31. The van der Waals surface area contributed by atoms with E-state index in [0.29, 0.717) is 5.57 Å². The maximum atomic E-state index is 11.9. The molecule has 1 aliphatic carbocycles. The van der Waals surface area contributed by atoms with E-state index in [1.54, 1.807) is 23.9 Å². The minimum absolute atomic E-state index is 0.0630. The van der Waals surface area contributed by atoms with Gasteiger partial charge in [0.25, 0.3) is 0 Å². The van der Waals surface area contributed by atoms with Crippen LogP contribution in [0.1, 0.15) is 24.4 Å². The van der Waals surface area contributed by atoms with Crippen LogP contribution in [0.25, 0.3) is 0 Å². The molecule has 0 aromatic heterocycles. The van der Waals surface area contributed by atoms with Crippen LogP contribution in [0.4, 0.5) is 0 Å². The van der Waals surface area contributed by atoms with Gasteiger partial charge in [-0.1, -0.05) is 30.4 Å². The van der Waals surface area contributed by atoms with Crippen LogP contribution in [0.5, 0.6) is 5.75 Å². The van der Waals surface area contributed by atoms with Gasteiger partial charge in [-0.15, -0.1) is 11.8 Å². The molecule has 0 saturated carbocycles. The first-order valence-electron chi connectivity index (χ1n) is 7.24. The van der Waals surface area contributed by atoms with E-state index in [1.165, 1.54) is 0 Å². The zero-order valence-electron chi connectivity index (χ0n) is 12.1. The Kier molecular flexibility index (Phi) is 4.63. The fraction of sp³-hybridized carbons (Fsp3) is 0.294. The van der Waals surface area contributed by atoms with Crippen molar-refractivity contribution >= 4 is 22.8 Å². The number of hydrogen-bond acceptors (Lipinski definition) is 5. The van der Waals surface area contributed by atoms with Gasteiger partial charge in [-0.05, 0) is 30.5 Å². The Labute approximate surface area is 133 Å². The summed E-state index contributed by atoms with van der Waals surface area (Å²) in [6.45, 7) is 0.225. The van der Waals surface area contributed by atoms with Crippen LogP contribution in [0.3, 0.4) is 0 Å². The maximum absolute atomic E-state index is 11.9. The third kappa shape index (κ3) is 3.60. The quantitative estimate of drug-likeness (QED) is 0.865. The van der Waals surface area contributed by atoms with Crippen LogP contribution < -0.4 is 0 Å². The molecule has 1 heterocycles. The highest BCUT2D eigenvalue weighted by molar-refractivity contribution is 8.14. The van der Waals surface area contributed by atoms with E-state index in [1.807, 2.05) is 30.4 Å². The molecular formula is C17H17NO3S. The van der Waals surface area contributed by atoms with Gasteiger partial charge in [-0.25, -0.2) is 4.79 Å². The number of aromatic hydroxyl groups is 1. The number of carbonyl (C=O) groups is 1. The summed E-state index contributed by atoms with van der Waals surface area (Å²) in [4.78, 5) is 16.5. The van der Waals surface area contributed by atoms with Crippen LogP contribution in [-0.2, 0) is 9.53 Å². The van der Waals surface area contributed by atoms with Crippen molar-refractivity contribution in [2.45, 2.75) is 18.9 Å². The first-order valence-corrected chi connectivity index (χ1v) is 8.23. The van der Waals surface area contributed by atoms with E-state index in [4.69, 9.17) is 4.74 Å². The van der Waals surface area contributed by atoms with Gasteiger partial charge in [0.2, 0.25) is 0 Å². The number of phenols is 1. The van der Waals surface area contributed by atoms with Gasteiger partial charge in [-0.3, -0.25) is 4.99 Å². The molecule has 0 fully saturated rings. The van der Waals surface area contributed by atoms with Crippen molar-refractivity contribution < 1.29 is 14.6 Å². The van der Waals surface area contributed by atoms with Crippen molar-refractivity contribution in [3.63, 3.8) is 0 Å².